The molecule has 0 aliphatic rings. The summed E-state index contributed by atoms with van der Waals surface area (Å²) < 4.78 is 1.89. The molecule has 0 unspecified atom stereocenters. The van der Waals surface area contributed by atoms with Crippen LogP contribution in [0.3, 0.4) is 0 Å². The van der Waals surface area contributed by atoms with E-state index >= 15 is 0 Å². The fourth-order valence-electron chi connectivity index (χ4n) is 2.75. The van der Waals surface area contributed by atoms with Crippen molar-refractivity contribution in [2.45, 2.75) is 6.54 Å². The lowest BCUT2D eigenvalue weighted by molar-refractivity contribution is -0.116. The summed E-state index contributed by atoms with van der Waals surface area (Å²) in [7, 11) is 0. The molecule has 0 bridgehead atoms. The number of carbonyl (C=O) groups excluding carboxylic acids is 1. The summed E-state index contributed by atoms with van der Waals surface area (Å²) >= 11 is 1.35. The normalized spacial score (nSPS) is 10.8. The third-order valence-corrected chi connectivity index (χ3v) is 4.96. The first kappa shape index (κ1) is 16.2. The van der Waals surface area contributed by atoms with Crippen LogP contribution in [0.2, 0.25) is 0 Å². The summed E-state index contributed by atoms with van der Waals surface area (Å²) in [4.78, 5) is 29.3. The van der Waals surface area contributed by atoms with E-state index in [4.69, 9.17) is 0 Å². The fourth-order valence-corrected chi connectivity index (χ4v) is 3.73. The van der Waals surface area contributed by atoms with E-state index < -0.39 is 0 Å². The van der Waals surface area contributed by atoms with Gasteiger partial charge in [-0.3, -0.25) is 14.2 Å². The topological polar surface area (TPSA) is 64.0 Å². The molecule has 4 aromatic rings. The molecule has 5 nitrogen and oxygen atoms in total. The van der Waals surface area contributed by atoms with E-state index in [2.05, 4.69) is 10.3 Å². The lowest BCUT2D eigenvalue weighted by Crippen LogP contribution is -2.27. The smallest absolute Gasteiger partial charge is 0.271 e. The molecule has 128 valence electrons. The lowest BCUT2D eigenvalue weighted by atomic mass is 10.1. The molecule has 0 fully saturated rings. The number of nitrogens with zero attached hydrogens (tertiary/aromatic N) is 2. The van der Waals surface area contributed by atoms with Crippen LogP contribution in [0.1, 0.15) is 0 Å². The van der Waals surface area contributed by atoms with E-state index in [0.29, 0.717) is 15.9 Å². The number of anilines is 1. The third-order valence-electron chi connectivity index (χ3n) is 4.00. The van der Waals surface area contributed by atoms with E-state index in [9.17, 15) is 9.59 Å². The highest BCUT2D eigenvalue weighted by Gasteiger charge is 2.13. The number of fused-ring (bicyclic) bond motifs is 1. The second-order valence-corrected chi connectivity index (χ2v) is 6.66. The molecule has 0 radical (unpaired) electrons. The molecule has 1 N–H and O–H groups in total. The molecule has 2 aromatic carbocycles. The van der Waals surface area contributed by atoms with Crippen LogP contribution < -0.4 is 10.9 Å². The highest BCUT2D eigenvalue weighted by Crippen LogP contribution is 2.30. The molecular formula is C20H15N3O2S. The summed E-state index contributed by atoms with van der Waals surface area (Å²) in [6.07, 6.45) is 1.44. The van der Waals surface area contributed by atoms with Crippen LogP contribution >= 0.6 is 11.3 Å². The number of aromatic nitrogens is 2. The Kier molecular flexibility index (Phi) is 4.33. The first-order valence-corrected chi connectivity index (χ1v) is 8.97. The van der Waals surface area contributed by atoms with Crippen LogP contribution in [-0.4, -0.2) is 15.5 Å². The second kappa shape index (κ2) is 6.93. The molecule has 1 amide bonds. The number of para-hydroxylation sites is 1. The van der Waals surface area contributed by atoms with Gasteiger partial charge in [0.05, 0.1) is 11.8 Å². The zero-order chi connectivity index (χ0) is 17.9. The largest absolute Gasteiger partial charge is 0.325 e. The minimum atomic E-state index is -0.265. The molecule has 4 rings (SSSR count). The Morgan fingerprint density at radius 1 is 1.04 bits per heavy atom. The van der Waals surface area contributed by atoms with E-state index in [0.717, 1.165) is 11.1 Å². The van der Waals surface area contributed by atoms with Gasteiger partial charge in [-0.05, 0) is 17.7 Å². The predicted octanol–water partition coefficient (Wildman–Crippen LogP) is 3.76. The molecule has 26 heavy (non-hydrogen) atoms. The first-order valence-electron chi connectivity index (χ1n) is 8.09. The zero-order valence-corrected chi connectivity index (χ0v) is 14.6. The van der Waals surface area contributed by atoms with Crippen LogP contribution in [0.4, 0.5) is 5.69 Å². The van der Waals surface area contributed by atoms with Crippen LogP contribution in [0.15, 0.2) is 77.2 Å². The van der Waals surface area contributed by atoms with Gasteiger partial charge in [0, 0.05) is 16.6 Å². The van der Waals surface area contributed by atoms with Crippen molar-refractivity contribution in [2.24, 2.45) is 0 Å². The fraction of sp³-hybridized carbons (Fsp3) is 0.0500. The van der Waals surface area contributed by atoms with Gasteiger partial charge in [0.15, 0.2) is 0 Å². The van der Waals surface area contributed by atoms with Crippen molar-refractivity contribution >= 4 is 33.1 Å². The van der Waals surface area contributed by atoms with Gasteiger partial charge in [-0.2, -0.15) is 0 Å². The molecule has 0 spiro atoms. The Bertz CT molecular complexity index is 1120. The number of hydrogen-bond donors (Lipinski definition) is 1. The first-order chi connectivity index (χ1) is 12.7. The van der Waals surface area contributed by atoms with Crippen molar-refractivity contribution in [2.75, 3.05) is 5.32 Å². The number of rotatable bonds is 4. The predicted molar refractivity (Wildman–Crippen MR) is 104 cm³/mol. The van der Waals surface area contributed by atoms with Crippen molar-refractivity contribution in [3.8, 4) is 11.1 Å². The number of amides is 1. The van der Waals surface area contributed by atoms with Gasteiger partial charge in [0.1, 0.15) is 11.2 Å². The van der Waals surface area contributed by atoms with Gasteiger partial charge in [0.25, 0.3) is 5.56 Å². The van der Waals surface area contributed by atoms with Gasteiger partial charge in [0.2, 0.25) is 5.91 Å². The average Bonchev–Trinajstić information content (AvgIpc) is 3.10. The minimum absolute atomic E-state index is 0.0742. The van der Waals surface area contributed by atoms with E-state index in [-0.39, 0.29) is 18.0 Å². The van der Waals surface area contributed by atoms with Crippen molar-refractivity contribution in [3.05, 3.63) is 82.7 Å². The zero-order valence-electron chi connectivity index (χ0n) is 13.8. The van der Waals surface area contributed by atoms with Gasteiger partial charge >= 0.3 is 0 Å². The summed E-state index contributed by atoms with van der Waals surface area (Å²) in [5.41, 5.74) is 3.12. The Labute approximate surface area is 153 Å². The monoisotopic (exact) mass is 361 g/mol. The standard InChI is InChI=1S/C20H15N3O2S/c24-17(22-15-9-5-2-6-10-15)11-23-13-21-18-16(12-26-19(18)20(23)25)14-7-3-1-4-8-14/h1-10,12-13H,11H2,(H,22,24). The van der Waals surface area contributed by atoms with Gasteiger partial charge in [-0.1, -0.05) is 48.5 Å². The number of nitrogens with one attached hydrogen (secondary N) is 1. The Hall–Kier alpha value is -3.25. The molecule has 0 aliphatic heterocycles. The summed E-state index contributed by atoms with van der Waals surface area (Å²) in [5, 5.41) is 4.71. The maximum absolute atomic E-state index is 12.7. The van der Waals surface area contributed by atoms with Crippen LogP contribution in [0.5, 0.6) is 0 Å². The van der Waals surface area contributed by atoms with E-state index in [1.54, 1.807) is 12.1 Å². The van der Waals surface area contributed by atoms with Gasteiger partial charge < -0.3 is 5.32 Å². The molecule has 0 saturated heterocycles. The summed E-state index contributed by atoms with van der Waals surface area (Å²) in [5.74, 6) is -0.265. The molecule has 2 heterocycles. The lowest BCUT2D eigenvalue weighted by Gasteiger charge is -2.07. The van der Waals surface area contributed by atoms with Crippen LogP contribution in [-0.2, 0) is 11.3 Å². The maximum Gasteiger partial charge on any atom is 0.271 e. The Balaban J connectivity index is 1.63. The molecular weight excluding hydrogens is 346 g/mol. The number of carbonyl (C=O) groups is 1. The number of thiophene rings is 1. The number of hydrogen-bond acceptors (Lipinski definition) is 4. The second-order valence-electron chi connectivity index (χ2n) is 5.78. The molecule has 6 heteroatoms. The molecule has 0 atom stereocenters. The molecule has 0 aliphatic carbocycles. The maximum atomic E-state index is 12.7. The quantitative estimate of drug-likeness (QED) is 0.602. The van der Waals surface area contributed by atoms with Crippen LogP contribution in [0, 0.1) is 0 Å². The third kappa shape index (κ3) is 3.14. The Morgan fingerprint density at radius 3 is 2.46 bits per heavy atom. The van der Waals surface area contributed by atoms with Crippen molar-refractivity contribution in [1.82, 2.24) is 9.55 Å². The van der Waals surface area contributed by atoms with E-state index in [1.165, 1.54) is 22.2 Å². The highest BCUT2D eigenvalue weighted by molar-refractivity contribution is 7.17. The van der Waals surface area contributed by atoms with E-state index in [1.807, 2.05) is 53.9 Å². The van der Waals surface area contributed by atoms with Crippen molar-refractivity contribution in [3.63, 3.8) is 0 Å². The SMILES string of the molecule is O=C(Cn1cnc2c(-c3ccccc3)csc2c1=O)Nc1ccccc1. The summed E-state index contributed by atoms with van der Waals surface area (Å²) in [6.45, 7) is -0.0742. The highest BCUT2D eigenvalue weighted by atomic mass is 32.1. The molecule has 2 aromatic heterocycles. The molecule has 0 saturated carbocycles. The van der Waals surface area contributed by atoms with Crippen molar-refractivity contribution < 1.29 is 4.79 Å². The summed E-state index contributed by atoms with van der Waals surface area (Å²) in [6, 6.07) is 19.0. The van der Waals surface area contributed by atoms with Gasteiger partial charge in [-0.15, -0.1) is 11.3 Å². The number of benzene rings is 2. The Morgan fingerprint density at radius 2 is 1.73 bits per heavy atom. The minimum Gasteiger partial charge on any atom is -0.325 e. The average molecular weight is 361 g/mol. The van der Waals surface area contributed by atoms with Crippen LogP contribution in [0.25, 0.3) is 21.3 Å². The van der Waals surface area contributed by atoms with Gasteiger partial charge in [-0.25, -0.2) is 4.98 Å². The van der Waals surface area contributed by atoms with Crippen molar-refractivity contribution in [1.29, 1.82) is 0 Å².